The quantitative estimate of drug-likeness (QED) is 0.794. The highest BCUT2D eigenvalue weighted by Crippen LogP contribution is 2.07. The second kappa shape index (κ2) is 6.04. The number of amides is 1. The van der Waals surface area contributed by atoms with Crippen LogP contribution in [-0.2, 0) is 11.3 Å². The third kappa shape index (κ3) is 2.85. The van der Waals surface area contributed by atoms with Crippen LogP contribution >= 0.6 is 0 Å². The van der Waals surface area contributed by atoms with E-state index in [-0.39, 0.29) is 17.9 Å². The van der Waals surface area contributed by atoms with Crippen LogP contribution in [0.2, 0.25) is 0 Å². The van der Waals surface area contributed by atoms with Crippen LogP contribution in [0.1, 0.15) is 18.5 Å². The van der Waals surface area contributed by atoms with Crippen molar-refractivity contribution in [3.8, 4) is 0 Å². The largest absolute Gasteiger partial charge is 0.350 e. The summed E-state index contributed by atoms with van der Waals surface area (Å²) in [4.78, 5) is 24.5. The number of carbonyl (C=O) groups is 1. The van der Waals surface area contributed by atoms with Gasteiger partial charge in [-0.2, -0.15) is 5.10 Å². The summed E-state index contributed by atoms with van der Waals surface area (Å²) in [5.41, 5.74) is 0.468. The van der Waals surface area contributed by atoms with Crippen LogP contribution in [0.25, 0.3) is 5.52 Å². The first-order valence-electron chi connectivity index (χ1n) is 7.13. The van der Waals surface area contributed by atoms with Crippen molar-refractivity contribution >= 4 is 11.4 Å². The van der Waals surface area contributed by atoms with Crippen LogP contribution in [0.4, 0.5) is 4.39 Å². The fourth-order valence-electron chi connectivity index (χ4n) is 2.32. The molecule has 0 aliphatic heterocycles. The van der Waals surface area contributed by atoms with Crippen molar-refractivity contribution in [2.24, 2.45) is 0 Å². The fraction of sp³-hybridized carbons (Fsp3) is 0.188. The second-order valence-corrected chi connectivity index (χ2v) is 5.17. The fourth-order valence-corrected chi connectivity index (χ4v) is 2.32. The number of nitrogens with one attached hydrogen (secondary N) is 1. The number of aromatic nitrogens is 3. The minimum absolute atomic E-state index is 0.0535. The number of benzene rings is 1. The molecule has 3 aromatic rings. The Hall–Kier alpha value is -2.96. The van der Waals surface area contributed by atoms with Gasteiger partial charge in [0, 0.05) is 18.3 Å². The molecule has 6 nitrogen and oxygen atoms in total. The minimum atomic E-state index is -0.797. The smallest absolute Gasteiger partial charge is 0.291 e. The van der Waals surface area contributed by atoms with Gasteiger partial charge in [-0.1, -0.05) is 18.2 Å². The third-order valence-electron chi connectivity index (χ3n) is 3.66. The molecule has 2 heterocycles. The van der Waals surface area contributed by atoms with E-state index in [1.54, 1.807) is 47.9 Å². The van der Waals surface area contributed by atoms with Crippen molar-refractivity contribution in [2.45, 2.75) is 19.5 Å². The lowest BCUT2D eigenvalue weighted by Gasteiger charge is -2.14. The first kappa shape index (κ1) is 15.0. The number of nitrogens with zero attached hydrogens (tertiary/aromatic N) is 3. The molecule has 0 saturated carbocycles. The maximum absolute atomic E-state index is 13.5. The number of rotatable bonds is 4. The molecule has 0 radical (unpaired) electrons. The maximum Gasteiger partial charge on any atom is 0.291 e. The summed E-state index contributed by atoms with van der Waals surface area (Å²) in [5.74, 6) is -0.788. The molecule has 3 rings (SSSR count). The van der Waals surface area contributed by atoms with E-state index in [4.69, 9.17) is 0 Å². The number of hydrogen-bond donors (Lipinski definition) is 1. The summed E-state index contributed by atoms with van der Waals surface area (Å²) >= 11 is 0. The molecular formula is C16H15FN4O2. The lowest BCUT2D eigenvalue weighted by atomic mass is 10.2. The molecule has 1 N–H and O–H groups in total. The molecule has 7 heteroatoms. The molecule has 0 unspecified atom stereocenters. The molecule has 0 fully saturated rings. The van der Waals surface area contributed by atoms with Crippen molar-refractivity contribution in [1.29, 1.82) is 0 Å². The lowest BCUT2D eigenvalue weighted by Crippen LogP contribution is -2.37. The van der Waals surface area contributed by atoms with E-state index in [1.165, 1.54) is 12.4 Å². The molecule has 2 aromatic heterocycles. The number of halogens is 1. The number of fused-ring (bicyclic) bond motifs is 1. The molecule has 23 heavy (non-hydrogen) atoms. The lowest BCUT2D eigenvalue weighted by molar-refractivity contribution is -0.124. The van der Waals surface area contributed by atoms with E-state index in [2.05, 4.69) is 10.4 Å². The van der Waals surface area contributed by atoms with Crippen LogP contribution in [0.5, 0.6) is 0 Å². The van der Waals surface area contributed by atoms with Gasteiger partial charge in [-0.15, -0.1) is 0 Å². The Morgan fingerprint density at radius 3 is 2.87 bits per heavy atom. The average Bonchev–Trinajstić information content (AvgIpc) is 3.03. The zero-order valence-corrected chi connectivity index (χ0v) is 12.4. The van der Waals surface area contributed by atoms with Gasteiger partial charge in [-0.3, -0.25) is 9.59 Å². The van der Waals surface area contributed by atoms with Crippen molar-refractivity contribution < 1.29 is 9.18 Å². The standard InChI is InChI=1S/C16H15FN4O2/c1-11(15(22)18-9-12-5-2-3-6-13(12)17)21-16(23)14-7-4-8-20(14)10-19-21/h2-8,10-11H,9H2,1H3,(H,18,22)/t11-/m1/s1. The van der Waals surface area contributed by atoms with Crippen LogP contribution in [0.15, 0.2) is 53.7 Å². The number of carbonyl (C=O) groups excluding carboxylic acids is 1. The second-order valence-electron chi connectivity index (χ2n) is 5.17. The Bertz CT molecular complexity index is 916. The summed E-state index contributed by atoms with van der Waals surface area (Å²) < 4.78 is 16.2. The SMILES string of the molecule is C[C@H](C(=O)NCc1ccccc1F)n1ncn2cccc2c1=O. The van der Waals surface area contributed by atoms with E-state index in [1.807, 2.05) is 0 Å². The molecule has 1 atom stereocenters. The molecule has 1 aromatic carbocycles. The topological polar surface area (TPSA) is 68.4 Å². The Labute approximate surface area is 131 Å². The summed E-state index contributed by atoms with van der Waals surface area (Å²) in [7, 11) is 0. The summed E-state index contributed by atoms with van der Waals surface area (Å²) in [6.07, 6.45) is 3.17. The van der Waals surface area contributed by atoms with Gasteiger partial charge in [-0.25, -0.2) is 9.07 Å². The van der Waals surface area contributed by atoms with E-state index >= 15 is 0 Å². The highest BCUT2D eigenvalue weighted by molar-refractivity contribution is 5.79. The third-order valence-corrected chi connectivity index (χ3v) is 3.66. The molecule has 118 valence electrons. The Kier molecular flexibility index (Phi) is 3.92. The Morgan fingerprint density at radius 1 is 1.30 bits per heavy atom. The van der Waals surface area contributed by atoms with Gasteiger partial charge in [0.1, 0.15) is 23.7 Å². The van der Waals surface area contributed by atoms with Crippen molar-refractivity contribution in [3.63, 3.8) is 0 Å². The van der Waals surface area contributed by atoms with Gasteiger partial charge in [0.05, 0.1) is 0 Å². The summed E-state index contributed by atoms with van der Waals surface area (Å²) in [5, 5.41) is 6.63. The summed E-state index contributed by atoms with van der Waals surface area (Å²) in [6.45, 7) is 1.63. The van der Waals surface area contributed by atoms with E-state index in [0.29, 0.717) is 11.1 Å². The maximum atomic E-state index is 13.5. The van der Waals surface area contributed by atoms with E-state index in [0.717, 1.165) is 4.68 Å². The molecule has 0 spiro atoms. The highest BCUT2D eigenvalue weighted by Gasteiger charge is 2.18. The van der Waals surface area contributed by atoms with Crippen LogP contribution < -0.4 is 10.9 Å². The number of hydrogen-bond acceptors (Lipinski definition) is 3. The first-order chi connectivity index (χ1) is 11.1. The van der Waals surface area contributed by atoms with Gasteiger partial charge in [-0.05, 0) is 25.1 Å². The average molecular weight is 314 g/mol. The van der Waals surface area contributed by atoms with Gasteiger partial charge >= 0.3 is 0 Å². The van der Waals surface area contributed by atoms with Crippen molar-refractivity contribution in [2.75, 3.05) is 0 Å². The highest BCUT2D eigenvalue weighted by atomic mass is 19.1. The first-order valence-corrected chi connectivity index (χ1v) is 7.13. The van der Waals surface area contributed by atoms with Gasteiger partial charge in [0.15, 0.2) is 0 Å². The van der Waals surface area contributed by atoms with Crippen LogP contribution in [-0.4, -0.2) is 20.1 Å². The zero-order chi connectivity index (χ0) is 16.4. The van der Waals surface area contributed by atoms with Gasteiger partial charge < -0.3 is 9.72 Å². The van der Waals surface area contributed by atoms with Crippen molar-refractivity contribution in [3.05, 3.63) is 70.7 Å². The van der Waals surface area contributed by atoms with Gasteiger partial charge in [0.2, 0.25) is 5.91 Å². The van der Waals surface area contributed by atoms with Crippen molar-refractivity contribution in [1.82, 2.24) is 19.5 Å². The molecule has 0 aliphatic carbocycles. The van der Waals surface area contributed by atoms with Crippen LogP contribution in [0.3, 0.4) is 0 Å². The predicted molar refractivity (Wildman–Crippen MR) is 82.4 cm³/mol. The Balaban J connectivity index is 1.77. The molecule has 0 aliphatic rings. The monoisotopic (exact) mass is 314 g/mol. The predicted octanol–water partition coefficient (Wildman–Crippen LogP) is 1.51. The summed E-state index contributed by atoms with van der Waals surface area (Å²) in [6, 6.07) is 8.79. The molecule has 1 amide bonds. The normalized spacial score (nSPS) is 12.3. The van der Waals surface area contributed by atoms with E-state index in [9.17, 15) is 14.0 Å². The molecular weight excluding hydrogens is 299 g/mol. The van der Waals surface area contributed by atoms with Gasteiger partial charge in [0.25, 0.3) is 5.56 Å². The van der Waals surface area contributed by atoms with E-state index < -0.39 is 11.9 Å². The Morgan fingerprint density at radius 2 is 2.09 bits per heavy atom. The minimum Gasteiger partial charge on any atom is -0.350 e. The molecule has 0 saturated heterocycles. The molecule has 0 bridgehead atoms. The van der Waals surface area contributed by atoms with Crippen LogP contribution in [0, 0.1) is 5.82 Å². The zero-order valence-electron chi connectivity index (χ0n) is 12.4.